The maximum atomic E-state index is 13.2. The van der Waals surface area contributed by atoms with Crippen LogP contribution in [0.1, 0.15) is 40.6 Å². The standard InChI is InChI=1S/C23H24FN3O4S/c1-14-12-20(15(2)27(14)18-7-8-18)23(28)25-17-6-11-22(31-3)21(13-17)26-32(29,30)19-9-4-16(24)5-10-19/h4-6,9-13,18,26H,7-8H2,1-3H3,(H,25,28). The minimum absolute atomic E-state index is 0.0945. The van der Waals surface area contributed by atoms with E-state index in [1.54, 1.807) is 12.1 Å². The van der Waals surface area contributed by atoms with Crippen LogP contribution in [0.5, 0.6) is 5.75 Å². The van der Waals surface area contributed by atoms with Crippen molar-refractivity contribution < 1.29 is 22.3 Å². The topological polar surface area (TPSA) is 89.4 Å². The number of hydrogen-bond acceptors (Lipinski definition) is 4. The molecule has 0 spiro atoms. The molecule has 1 heterocycles. The highest BCUT2D eigenvalue weighted by Gasteiger charge is 2.28. The zero-order chi connectivity index (χ0) is 23.0. The molecule has 1 aliphatic carbocycles. The van der Waals surface area contributed by atoms with Crippen molar-refractivity contribution >= 4 is 27.3 Å². The monoisotopic (exact) mass is 457 g/mol. The van der Waals surface area contributed by atoms with Crippen molar-refractivity contribution in [1.82, 2.24) is 4.57 Å². The van der Waals surface area contributed by atoms with Gasteiger partial charge in [0.25, 0.3) is 15.9 Å². The van der Waals surface area contributed by atoms with Gasteiger partial charge in [0.1, 0.15) is 11.6 Å². The van der Waals surface area contributed by atoms with Gasteiger partial charge in [-0.15, -0.1) is 0 Å². The summed E-state index contributed by atoms with van der Waals surface area (Å²) >= 11 is 0. The molecule has 3 aromatic rings. The van der Waals surface area contributed by atoms with Crippen LogP contribution >= 0.6 is 0 Å². The molecular weight excluding hydrogens is 433 g/mol. The van der Waals surface area contributed by atoms with Crippen LogP contribution in [0.15, 0.2) is 53.4 Å². The van der Waals surface area contributed by atoms with Crippen molar-refractivity contribution in [1.29, 1.82) is 0 Å². The molecule has 0 atom stereocenters. The van der Waals surface area contributed by atoms with Crippen LogP contribution in [0.2, 0.25) is 0 Å². The zero-order valence-corrected chi connectivity index (χ0v) is 18.8. The average Bonchev–Trinajstić information content (AvgIpc) is 3.52. The fraction of sp³-hybridized carbons (Fsp3) is 0.261. The summed E-state index contributed by atoms with van der Waals surface area (Å²) in [7, 11) is -2.57. The molecule has 1 aliphatic rings. The van der Waals surface area contributed by atoms with Crippen molar-refractivity contribution in [2.24, 2.45) is 0 Å². The number of rotatable bonds is 7. The van der Waals surface area contributed by atoms with E-state index in [2.05, 4.69) is 14.6 Å². The first-order valence-electron chi connectivity index (χ1n) is 10.2. The molecule has 0 bridgehead atoms. The summed E-state index contributed by atoms with van der Waals surface area (Å²) < 4.78 is 48.5. The number of carbonyl (C=O) groups is 1. The molecule has 0 saturated heterocycles. The fourth-order valence-electron chi connectivity index (χ4n) is 3.78. The maximum Gasteiger partial charge on any atom is 0.262 e. The van der Waals surface area contributed by atoms with Crippen molar-refractivity contribution in [3.63, 3.8) is 0 Å². The molecule has 0 aliphatic heterocycles. The highest BCUT2D eigenvalue weighted by atomic mass is 32.2. The quantitative estimate of drug-likeness (QED) is 0.541. The Balaban J connectivity index is 1.59. The molecule has 2 N–H and O–H groups in total. The largest absolute Gasteiger partial charge is 0.495 e. The lowest BCUT2D eigenvalue weighted by molar-refractivity contribution is 0.102. The minimum atomic E-state index is -3.98. The van der Waals surface area contributed by atoms with Gasteiger partial charge in [-0.1, -0.05) is 0 Å². The Morgan fingerprint density at radius 3 is 2.41 bits per heavy atom. The number of nitrogens with zero attached hydrogens (tertiary/aromatic N) is 1. The third-order valence-electron chi connectivity index (χ3n) is 5.47. The van der Waals surface area contributed by atoms with E-state index in [0.29, 0.717) is 17.3 Å². The van der Waals surface area contributed by atoms with E-state index < -0.39 is 15.8 Å². The predicted octanol–water partition coefficient (Wildman–Crippen LogP) is 4.64. The molecule has 1 amide bonds. The molecule has 0 unspecified atom stereocenters. The summed E-state index contributed by atoms with van der Waals surface area (Å²) in [6.07, 6.45) is 2.24. The lowest BCUT2D eigenvalue weighted by Gasteiger charge is -2.14. The predicted molar refractivity (Wildman–Crippen MR) is 120 cm³/mol. The molecule has 32 heavy (non-hydrogen) atoms. The van der Waals surface area contributed by atoms with E-state index in [-0.39, 0.29) is 22.2 Å². The molecule has 1 aromatic heterocycles. The Hall–Kier alpha value is -3.33. The Bertz CT molecular complexity index is 1280. The number of hydrogen-bond donors (Lipinski definition) is 2. The summed E-state index contributed by atoms with van der Waals surface area (Å²) in [5.41, 5.74) is 3.09. The molecule has 2 aromatic carbocycles. The molecule has 0 radical (unpaired) electrons. The third-order valence-corrected chi connectivity index (χ3v) is 6.85. The fourth-order valence-corrected chi connectivity index (χ4v) is 4.84. The summed E-state index contributed by atoms with van der Waals surface area (Å²) in [6, 6.07) is 11.5. The van der Waals surface area contributed by atoms with E-state index in [4.69, 9.17) is 4.74 Å². The first-order valence-corrected chi connectivity index (χ1v) is 11.6. The second kappa shape index (κ2) is 8.31. The molecule has 7 nitrogen and oxygen atoms in total. The van der Waals surface area contributed by atoms with Crippen LogP contribution in [-0.4, -0.2) is 26.0 Å². The number of methoxy groups -OCH3 is 1. The van der Waals surface area contributed by atoms with Gasteiger partial charge >= 0.3 is 0 Å². The summed E-state index contributed by atoms with van der Waals surface area (Å²) in [5.74, 6) is -0.532. The smallest absolute Gasteiger partial charge is 0.262 e. The first kappa shape index (κ1) is 21.9. The number of amides is 1. The Morgan fingerprint density at radius 2 is 1.78 bits per heavy atom. The number of nitrogens with one attached hydrogen (secondary N) is 2. The summed E-state index contributed by atoms with van der Waals surface area (Å²) in [4.78, 5) is 12.8. The van der Waals surface area contributed by atoms with Gasteiger partial charge in [0.05, 0.1) is 23.3 Å². The van der Waals surface area contributed by atoms with Crippen molar-refractivity contribution in [2.75, 3.05) is 17.1 Å². The van der Waals surface area contributed by atoms with Crippen molar-refractivity contribution in [2.45, 2.75) is 37.6 Å². The number of benzene rings is 2. The van der Waals surface area contributed by atoms with E-state index in [1.165, 1.54) is 25.3 Å². The van der Waals surface area contributed by atoms with Gasteiger partial charge in [0, 0.05) is 23.1 Å². The zero-order valence-electron chi connectivity index (χ0n) is 18.0. The van der Waals surface area contributed by atoms with Gasteiger partial charge in [0.2, 0.25) is 0 Å². The number of anilines is 2. The lowest BCUT2D eigenvalue weighted by atomic mass is 10.2. The molecule has 1 saturated carbocycles. The van der Waals surface area contributed by atoms with Crippen LogP contribution in [0.3, 0.4) is 0 Å². The van der Waals surface area contributed by atoms with Crippen LogP contribution in [0, 0.1) is 19.7 Å². The third kappa shape index (κ3) is 4.34. The normalized spacial score (nSPS) is 13.6. The molecule has 168 valence electrons. The number of carbonyl (C=O) groups excluding carboxylic acids is 1. The van der Waals surface area contributed by atoms with Gasteiger partial charge < -0.3 is 14.6 Å². The van der Waals surface area contributed by atoms with Gasteiger partial charge in [-0.05, 0) is 75.2 Å². The highest BCUT2D eigenvalue weighted by Crippen LogP contribution is 2.38. The Morgan fingerprint density at radius 1 is 1.09 bits per heavy atom. The number of aryl methyl sites for hydroxylation is 1. The maximum absolute atomic E-state index is 13.2. The van der Waals surface area contributed by atoms with Gasteiger partial charge in [0.15, 0.2) is 0 Å². The van der Waals surface area contributed by atoms with Crippen LogP contribution in [-0.2, 0) is 10.0 Å². The van der Waals surface area contributed by atoms with E-state index in [1.807, 2.05) is 19.9 Å². The molecular formula is C23H24FN3O4S. The van der Waals surface area contributed by atoms with Gasteiger partial charge in [-0.3, -0.25) is 9.52 Å². The molecule has 1 fully saturated rings. The second-order valence-corrected chi connectivity index (χ2v) is 9.50. The van der Waals surface area contributed by atoms with Crippen LogP contribution in [0.4, 0.5) is 15.8 Å². The Labute approximate surface area is 186 Å². The number of halogens is 1. The highest BCUT2D eigenvalue weighted by molar-refractivity contribution is 7.92. The summed E-state index contributed by atoms with van der Waals surface area (Å²) in [6.45, 7) is 3.91. The van der Waals surface area contributed by atoms with E-state index >= 15 is 0 Å². The SMILES string of the molecule is COc1ccc(NC(=O)c2cc(C)n(C3CC3)c2C)cc1NS(=O)(=O)c1ccc(F)cc1. The minimum Gasteiger partial charge on any atom is -0.495 e. The summed E-state index contributed by atoms with van der Waals surface area (Å²) in [5, 5.41) is 2.83. The first-order chi connectivity index (χ1) is 15.2. The number of ether oxygens (including phenoxy) is 1. The van der Waals surface area contributed by atoms with Crippen molar-refractivity contribution in [3.05, 3.63) is 71.3 Å². The van der Waals surface area contributed by atoms with Crippen molar-refractivity contribution in [3.8, 4) is 5.75 Å². The second-order valence-electron chi connectivity index (χ2n) is 7.81. The van der Waals surface area contributed by atoms with Crippen LogP contribution in [0.25, 0.3) is 0 Å². The van der Waals surface area contributed by atoms with Gasteiger partial charge in [-0.25, -0.2) is 12.8 Å². The number of aromatic nitrogens is 1. The van der Waals surface area contributed by atoms with Crippen LogP contribution < -0.4 is 14.8 Å². The van der Waals surface area contributed by atoms with E-state index in [9.17, 15) is 17.6 Å². The molecule has 4 rings (SSSR count). The van der Waals surface area contributed by atoms with Gasteiger partial charge in [-0.2, -0.15) is 0 Å². The lowest BCUT2D eigenvalue weighted by Crippen LogP contribution is -2.15. The Kier molecular flexibility index (Phi) is 5.68. The van der Waals surface area contributed by atoms with E-state index in [0.717, 1.165) is 36.4 Å². The molecule has 9 heteroatoms. The number of sulfonamides is 1. The average molecular weight is 458 g/mol.